The Morgan fingerprint density at radius 3 is 1.58 bits per heavy atom. The van der Waals surface area contributed by atoms with Crippen LogP contribution in [0.5, 0.6) is 0 Å². The van der Waals surface area contributed by atoms with Gasteiger partial charge < -0.3 is 9.80 Å². The predicted molar refractivity (Wildman–Crippen MR) is 100 cm³/mol. The van der Waals surface area contributed by atoms with E-state index >= 15 is 0 Å². The molecule has 0 atom stereocenters. The van der Waals surface area contributed by atoms with E-state index in [0.717, 1.165) is 24.0 Å². The van der Waals surface area contributed by atoms with Crippen molar-refractivity contribution in [3.05, 3.63) is 60.2 Å². The van der Waals surface area contributed by atoms with E-state index in [1.807, 2.05) is 38.4 Å². The molecule has 0 aliphatic rings. The van der Waals surface area contributed by atoms with Gasteiger partial charge in [-0.25, -0.2) is 0 Å². The van der Waals surface area contributed by atoms with Crippen molar-refractivity contribution < 1.29 is 9.59 Å². The van der Waals surface area contributed by atoms with Crippen LogP contribution in [0.25, 0.3) is 0 Å². The highest BCUT2D eigenvalue weighted by atomic mass is 16.2. The fourth-order valence-corrected chi connectivity index (χ4v) is 2.57. The number of hydrogen-bond acceptors (Lipinski definition) is 4. The third-order valence-corrected chi connectivity index (χ3v) is 4.24. The SMILES string of the molecule is CN(CCCCN(C)C(=O)Cc1cccnc1)C(=O)Cc1cccnc1. The lowest BCUT2D eigenvalue weighted by Gasteiger charge is -2.20. The minimum Gasteiger partial charge on any atom is -0.345 e. The number of likely N-dealkylation sites (N-methyl/N-ethyl adjacent to an activating group) is 2. The average molecular weight is 354 g/mol. The Morgan fingerprint density at radius 2 is 1.23 bits per heavy atom. The third kappa shape index (κ3) is 6.63. The number of amides is 2. The van der Waals surface area contributed by atoms with Crippen molar-refractivity contribution in [3.8, 4) is 0 Å². The summed E-state index contributed by atoms with van der Waals surface area (Å²) in [6.45, 7) is 1.37. The van der Waals surface area contributed by atoms with Gasteiger partial charge in [0.05, 0.1) is 12.8 Å². The summed E-state index contributed by atoms with van der Waals surface area (Å²) in [6, 6.07) is 7.48. The van der Waals surface area contributed by atoms with Crippen LogP contribution >= 0.6 is 0 Å². The van der Waals surface area contributed by atoms with Gasteiger partial charge in [-0.3, -0.25) is 19.6 Å². The normalized spacial score (nSPS) is 10.4. The lowest BCUT2D eigenvalue weighted by molar-refractivity contribution is -0.130. The highest BCUT2D eigenvalue weighted by molar-refractivity contribution is 5.78. The highest BCUT2D eigenvalue weighted by Crippen LogP contribution is 2.04. The Kier molecular flexibility index (Phi) is 7.74. The van der Waals surface area contributed by atoms with Crippen molar-refractivity contribution in [2.75, 3.05) is 27.2 Å². The smallest absolute Gasteiger partial charge is 0.226 e. The fraction of sp³-hybridized carbons (Fsp3) is 0.400. The molecule has 0 unspecified atom stereocenters. The van der Waals surface area contributed by atoms with Gasteiger partial charge >= 0.3 is 0 Å². The average Bonchev–Trinajstić information content (AvgIpc) is 2.66. The second kappa shape index (κ2) is 10.3. The molecule has 0 N–H and O–H groups in total. The monoisotopic (exact) mass is 354 g/mol. The quantitative estimate of drug-likeness (QED) is 0.646. The summed E-state index contributed by atoms with van der Waals surface area (Å²) < 4.78 is 0. The Hall–Kier alpha value is -2.76. The van der Waals surface area contributed by atoms with Crippen molar-refractivity contribution in [2.45, 2.75) is 25.7 Å². The van der Waals surface area contributed by atoms with Crippen LogP contribution in [0, 0.1) is 0 Å². The van der Waals surface area contributed by atoms with Gasteiger partial charge in [0, 0.05) is 52.0 Å². The number of carbonyl (C=O) groups excluding carboxylic acids is 2. The minimum absolute atomic E-state index is 0.0824. The first-order chi connectivity index (χ1) is 12.6. The molecular formula is C20H26N4O2. The predicted octanol–water partition coefficient (Wildman–Crippen LogP) is 1.96. The molecule has 0 saturated heterocycles. The maximum Gasteiger partial charge on any atom is 0.226 e. The van der Waals surface area contributed by atoms with E-state index in [1.165, 1.54) is 0 Å². The molecule has 26 heavy (non-hydrogen) atoms. The van der Waals surface area contributed by atoms with Crippen LogP contribution in [-0.4, -0.2) is 58.8 Å². The van der Waals surface area contributed by atoms with Crippen LogP contribution < -0.4 is 0 Å². The zero-order valence-electron chi connectivity index (χ0n) is 15.5. The number of aromatic nitrogens is 2. The molecule has 0 fully saturated rings. The first-order valence-corrected chi connectivity index (χ1v) is 8.82. The molecule has 0 aromatic carbocycles. The molecule has 2 amide bonds. The third-order valence-electron chi connectivity index (χ3n) is 4.24. The summed E-state index contributed by atoms with van der Waals surface area (Å²) in [6.07, 6.45) is 9.29. The van der Waals surface area contributed by atoms with E-state index in [1.54, 1.807) is 34.6 Å². The Morgan fingerprint density at radius 1 is 0.808 bits per heavy atom. The van der Waals surface area contributed by atoms with E-state index in [0.29, 0.717) is 25.9 Å². The van der Waals surface area contributed by atoms with Crippen molar-refractivity contribution in [1.29, 1.82) is 0 Å². The maximum absolute atomic E-state index is 12.2. The first kappa shape index (κ1) is 19.6. The van der Waals surface area contributed by atoms with Gasteiger partial charge in [0.1, 0.15) is 0 Å². The van der Waals surface area contributed by atoms with Crippen molar-refractivity contribution in [2.24, 2.45) is 0 Å². The maximum atomic E-state index is 12.2. The van der Waals surface area contributed by atoms with E-state index in [-0.39, 0.29) is 11.8 Å². The summed E-state index contributed by atoms with van der Waals surface area (Å²) in [5.41, 5.74) is 1.84. The number of nitrogens with zero attached hydrogens (tertiary/aromatic N) is 4. The van der Waals surface area contributed by atoms with Crippen molar-refractivity contribution in [1.82, 2.24) is 19.8 Å². The molecule has 2 rings (SSSR count). The number of pyridine rings is 2. The molecule has 0 aliphatic carbocycles. The van der Waals surface area contributed by atoms with Crippen LogP contribution in [0.2, 0.25) is 0 Å². The molecular weight excluding hydrogens is 328 g/mol. The second-order valence-corrected chi connectivity index (χ2v) is 6.41. The van der Waals surface area contributed by atoms with Gasteiger partial charge in [-0.05, 0) is 36.1 Å². The van der Waals surface area contributed by atoms with Gasteiger partial charge in [0.15, 0.2) is 0 Å². The fourth-order valence-electron chi connectivity index (χ4n) is 2.57. The summed E-state index contributed by atoms with van der Waals surface area (Å²) in [4.78, 5) is 35.9. The largest absolute Gasteiger partial charge is 0.345 e. The van der Waals surface area contributed by atoms with Crippen molar-refractivity contribution >= 4 is 11.8 Å². The first-order valence-electron chi connectivity index (χ1n) is 8.82. The molecule has 2 heterocycles. The summed E-state index contributed by atoms with van der Waals surface area (Å²) in [5, 5.41) is 0. The molecule has 6 heteroatoms. The number of rotatable bonds is 9. The summed E-state index contributed by atoms with van der Waals surface area (Å²) in [7, 11) is 3.63. The lowest BCUT2D eigenvalue weighted by Crippen LogP contribution is -2.31. The molecule has 6 nitrogen and oxygen atoms in total. The van der Waals surface area contributed by atoms with Gasteiger partial charge in [-0.1, -0.05) is 12.1 Å². The number of carbonyl (C=O) groups is 2. The van der Waals surface area contributed by atoms with Crippen LogP contribution in [0.3, 0.4) is 0 Å². The zero-order chi connectivity index (χ0) is 18.8. The van der Waals surface area contributed by atoms with Gasteiger partial charge in [-0.15, -0.1) is 0 Å². The molecule has 2 aromatic rings. The van der Waals surface area contributed by atoms with Crippen LogP contribution in [0.15, 0.2) is 49.1 Å². The van der Waals surface area contributed by atoms with Gasteiger partial charge in [-0.2, -0.15) is 0 Å². The molecule has 0 spiro atoms. The van der Waals surface area contributed by atoms with E-state index in [2.05, 4.69) is 9.97 Å². The molecule has 0 aliphatic heterocycles. The Bertz CT molecular complexity index is 630. The van der Waals surface area contributed by atoms with Gasteiger partial charge in [0.25, 0.3) is 0 Å². The summed E-state index contributed by atoms with van der Waals surface area (Å²) >= 11 is 0. The molecule has 0 saturated carbocycles. The van der Waals surface area contributed by atoms with Crippen LogP contribution in [0.1, 0.15) is 24.0 Å². The van der Waals surface area contributed by atoms with E-state index in [9.17, 15) is 9.59 Å². The molecule has 2 aromatic heterocycles. The van der Waals surface area contributed by atoms with Crippen LogP contribution in [-0.2, 0) is 22.4 Å². The lowest BCUT2D eigenvalue weighted by atomic mass is 10.2. The van der Waals surface area contributed by atoms with Crippen molar-refractivity contribution in [3.63, 3.8) is 0 Å². The van der Waals surface area contributed by atoms with E-state index < -0.39 is 0 Å². The second-order valence-electron chi connectivity index (χ2n) is 6.41. The number of hydrogen-bond donors (Lipinski definition) is 0. The van der Waals surface area contributed by atoms with E-state index in [4.69, 9.17) is 0 Å². The van der Waals surface area contributed by atoms with Crippen LogP contribution in [0.4, 0.5) is 0 Å². The molecule has 0 radical (unpaired) electrons. The Balaban J connectivity index is 1.64. The molecule has 0 bridgehead atoms. The standard InChI is InChI=1S/C20H26N4O2/c1-23(19(25)13-17-7-5-9-21-15-17)11-3-4-12-24(2)20(26)14-18-8-6-10-22-16-18/h5-10,15-16H,3-4,11-14H2,1-2H3. The minimum atomic E-state index is 0.0824. The van der Waals surface area contributed by atoms with Gasteiger partial charge in [0.2, 0.25) is 11.8 Å². The topological polar surface area (TPSA) is 66.4 Å². The summed E-state index contributed by atoms with van der Waals surface area (Å²) in [5.74, 6) is 0.165. The Labute approximate surface area is 154 Å². The number of unbranched alkanes of at least 4 members (excludes halogenated alkanes) is 1. The zero-order valence-corrected chi connectivity index (χ0v) is 15.5. The molecule has 138 valence electrons. The highest BCUT2D eigenvalue weighted by Gasteiger charge is 2.11.